The molecule has 7 heteroatoms. The molecular formula is C20H23NO4S2. The lowest BCUT2D eigenvalue weighted by molar-refractivity contribution is -0.118. The van der Waals surface area contributed by atoms with E-state index in [1.165, 1.54) is 11.3 Å². The molecule has 3 rings (SSSR count). The molecule has 5 nitrogen and oxygen atoms in total. The highest BCUT2D eigenvalue weighted by Gasteiger charge is 2.34. The number of hydrogen-bond acceptors (Lipinski definition) is 6. The van der Waals surface area contributed by atoms with E-state index in [1.54, 1.807) is 19.1 Å². The zero-order chi connectivity index (χ0) is 19.4. The van der Waals surface area contributed by atoms with Crippen LogP contribution in [0.3, 0.4) is 0 Å². The topological polar surface area (TPSA) is 64.6 Å². The first kappa shape index (κ1) is 19.8. The predicted octanol–water partition coefficient (Wildman–Crippen LogP) is 4.51. The second kappa shape index (κ2) is 8.35. The van der Waals surface area contributed by atoms with E-state index < -0.39 is 0 Å². The third kappa shape index (κ3) is 4.84. The van der Waals surface area contributed by atoms with Gasteiger partial charge in [0.1, 0.15) is 10.8 Å². The molecule has 0 fully saturated rings. The standard InChI is InChI=1S/C20H23NO4S2/c1-4-24-19(23)17-14-10-20(2,3)26-12-15(14)27-18(17)21-16(22)11-25-13-8-6-5-7-9-13/h5-9H,4,10-12H2,1-3H3,(H,21,22). The highest BCUT2D eigenvalue weighted by Crippen LogP contribution is 2.46. The maximum absolute atomic E-state index is 12.6. The summed E-state index contributed by atoms with van der Waals surface area (Å²) in [5.74, 6) is 0.782. The molecule has 1 aliphatic rings. The molecule has 2 heterocycles. The number of anilines is 1. The second-order valence-corrected chi connectivity index (χ2v) is 9.59. The Labute approximate surface area is 167 Å². The van der Waals surface area contributed by atoms with Crippen LogP contribution >= 0.6 is 23.1 Å². The van der Waals surface area contributed by atoms with Crippen LogP contribution in [0.25, 0.3) is 0 Å². The lowest BCUT2D eigenvalue weighted by atomic mass is 9.98. The van der Waals surface area contributed by atoms with Gasteiger partial charge < -0.3 is 14.8 Å². The van der Waals surface area contributed by atoms with Crippen LogP contribution < -0.4 is 10.1 Å². The third-order valence-corrected chi connectivity index (χ3v) is 6.82. The number of fused-ring (bicyclic) bond motifs is 1. The average molecular weight is 406 g/mol. The quantitative estimate of drug-likeness (QED) is 0.717. The number of hydrogen-bond donors (Lipinski definition) is 1. The zero-order valence-corrected chi connectivity index (χ0v) is 17.3. The van der Waals surface area contributed by atoms with Gasteiger partial charge in [0.2, 0.25) is 0 Å². The third-order valence-electron chi connectivity index (χ3n) is 4.13. The Morgan fingerprint density at radius 1 is 1.22 bits per heavy atom. The molecule has 1 aromatic heterocycles. The number of esters is 1. The zero-order valence-electron chi connectivity index (χ0n) is 15.7. The van der Waals surface area contributed by atoms with Crippen molar-refractivity contribution in [3.63, 3.8) is 0 Å². The van der Waals surface area contributed by atoms with Gasteiger partial charge in [-0.15, -0.1) is 23.1 Å². The first-order valence-corrected chi connectivity index (χ1v) is 10.6. The maximum Gasteiger partial charge on any atom is 0.341 e. The van der Waals surface area contributed by atoms with Crippen molar-refractivity contribution in [2.24, 2.45) is 0 Å². The van der Waals surface area contributed by atoms with Gasteiger partial charge in [-0.3, -0.25) is 4.79 Å². The lowest BCUT2D eigenvalue weighted by Crippen LogP contribution is -2.25. The number of benzene rings is 1. The van der Waals surface area contributed by atoms with Gasteiger partial charge in [0.05, 0.1) is 12.2 Å². The summed E-state index contributed by atoms with van der Waals surface area (Å²) in [5.41, 5.74) is 1.50. The van der Waals surface area contributed by atoms with Crippen molar-refractivity contribution in [1.29, 1.82) is 0 Å². The van der Waals surface area contributed by atoms with Crippen LogP contribution in [0.2, 0.25) is 0 Å². The summed E-state index contributed by atoms with van der Waals surface area (Å²) < 4.78 is 10.8. The van der Waals surface area contributed by atoms with Crippen LogP contribution in [0.15, 0.2) is 30.3 Å². The molecule has 1 amide bonds. The van der Waals surface area contributed by atoms with E-state index in [0.717, 1.165) is 22.6 Å². The number of carbonyl (C=O) groups excluding carboxylic acids is 2. The number of rotatable bonds is 6. The number of thiophene rings is 1. The predicted molar refractivity (Wildman–Crippen MR) is 110 cm³/mol. The van der Waals surface area contributed by atoms with E-state index in [-0.39, 0.29) is 23.2 Å². The van der Waals surface area contributed by atoms with Gasteiger partial charge in [0.25, 0.3) is 5.91 Å². The minimum absolute atomic E-state index is 0.0486. The summed E-state index contributed by atoms with van der Waals surface area (Å²) in [6.07, 6.45) is 0.772. The summed E-state index contributed by atoms with van der Waals surface area (Å²) in [7, 11) is 0. The molecule has 0 atom stereocenters. The number of para-hydroxylation sites is 1. The largest absolute Gasteiger partial charge is 0.484 e. The summed E-state index contributed by atoms with van der Waals surface area (Å²) in [5, 5.41) is 3.40. The van der Waals surface area contributed by atoms with Crippen LogP contribution in [-0.2, 0) is 21.7 Å². The van der Waals surface area contributed by atoms with Gasteiger partial charge in [-0.25, -0.2) is 4.79 Å². The van der Waals surface area contributed by atoms with Gasteiger partial charge in [-0.1, -0.05) is 32.0 Å². The van der Waals surface area contributed by atoms with Gasteiger partial charge in [0.15, 0.2) is 6.61 Å². The number of nitrogens with one attached hydrogen (secondary N) is 1. The number of thioether (sulfide) groups is 1. The van der Waals surface area contributed by atoms with E-state index in [2.05, 4.69) is 19.2 Å². The van der Waals surface area contributed by atoms with Crippen molar-refractivity contribution in [3.05, 3.63) is 46.3 Å². The van der Waals surface area contributed by atoms with Crippen LogP contribution in [-0.4, -0.2) is 29.8 Å². The van der Waals surface area contributed by atoms with Crippen LogP contribution in [0, 0.1) is 0 Å². The van der Waals surface area contributed by atoms with Gasteiger partial charge in [-0.2, -0.15) is 0 Å². The van der Waals surface area contributed by atoms with E-state index in [0.29, 0.717) is 22.9 Å². The number of carbonyl (C=O) groups is 2. The van der Waals surface area contributed by atoms with Crippen LogP contribution in [0.1, 0.15) is 41.6 Å². The molecule has 1 aromatic carbocycles. The first-order valence-electron chi connectivity index (χ1n) is 8.83. The van der Waals surface area contributed by atoms with Crippen molar-refractivity contribution < 1.29 is 19.1 Å². The Balaban J connectivity index is 1.79. The lowest BCUT2D eigenvalue weighted by Gasteiger charge is -2.29. The number of ether oxygens (including phenoxy) is 2. The second-order valence-electron chi connectivity index (χ2n) is 6.80. The smallest absolute Gasteiger partial charge is 0.341 e. The Morgan fingerprint density at radius 2 is 1.96 bits per heavy atom. The average Bonchev–Trinajstić information content (AvgIpc) is 2.97. The highest BCUT2D eigenvalue weighted by atomic mass is 32.2. The molecule has 144 valence electrons. The molecule has 1 aliphatic heterocycles. The van der Waals surface area contributed by atoms with E-state index in [4.69, 9.17) is 9.47 Å². The van der Waals surface area contributed by atoms with E-state index in [1.807, 2.05) is 30.0 Å². The minimum atomic E-state index is -0.378. The fraction of sp³-hybridized carbons (Fsp3) is 0.400. The molecule has 2 aromatic rings. The maximum atomic E-state index is 12.6. The van der Waals surface area contributed by atoms with Crippen molar-refractivity contribution in [2.45, 2.75) is 37.7 Å². The van der Waals surface area contributed by atoms with Crippen LogP contribution in [0.4, 0.5) is 5.00 Å². The molecule has 27 heavy (non-hydrogen) atoms. The van der Waals surface area contributed by atoms with E-state index in [9.17, 15) is 9.59 Å². The molecule has 0 radical (unpaired) electrons. The molecule has 0 spiro atoms. The SMILES string of the molecule is CCOC(=O)c1c(NC(=O)COc2ccccc2)sc2c1CC(C)(C)SC2. The number of amides is 1. The molecule has 0 bridgehead atoms. The monoisotopic (exact) mass is 405 g/mol. The van der Waals surface area contributed by atoms with Gasteiger partial charge >= 0.3 is 5.97 Å². The molecule has 0 saturated heterocycles. The summed E-state index contributed by atoms with van der Waals surface area (Å²) in [4.78, 5) is 26.1. The van der Waals surface area contributed by atoms with Crippen molar-refractivity contribution in [3.8, 4) is 5.75 Å². The van der Waals surface area contributed by atoms with Crippen molar-refractivity contribution >= 4 is 40.0 Å². The van der Waals surface area contributed by atoms with Crippen molar-refractivity contribution in [1.82, 2.24) is 0 Å². The fourth-order valence-electron chi connectivity index (χ4n) is 2.89. The Kier molecular flexibility index (Phi) is 6.11. The Hall–Kier alpha value is -1.99. The fourth-order valence-corrected chi connectivity index (χ4v) is 5.26. The molecule has 0 saturated carbocycles. The molecule has 1 N–H and O–H groups in total. The Bertz CT molecular complexity index is 830. The summed E-state index contributed by atoms with van der Waals surface area (Å²) in [6.45, 7) is 6.29. The molecule has 0 unspecified atom stereocenters. The van der Waals surface area contributed by atoms with Gasteiger partial charge in [0, 0.05) is 15.4 Å². The van der Waals surface area contributed by atoms with E-state index >= 15 is 0 Å². The Morgan fingerprint density at radius 3 is 2.67 bits per heavy atom. The van der Waals surface area contributed by atoms with Crippen LogP contribution in [0.5, 0.6) is 5.75 Å². The minimum Gasteiger partial charge on any atom is -0.484 e. The highest BCUT2D eigenvalue weighted by molar-refractivity contribution is 8.00. The molecular weight excluding hydrogens is 382 g/mol. The first-order chi connectivity index (χ1) is 12.9. The van der Waals surface area contributed by atoms with Crippen molar-refractivity contribution in [2.75, 3.05) is 18.5 Å². The summed E-state index contributed by atoms with van der Waals surface area (Å²) >= 11 is 3.32. The normalized spacial score (nSPS) is 14.9. The van der Waals surface area contributed by atoms with Gasteiger partial charge in [-0.05, 0) is 31.0 Å². The summed E-state index contributed by atoms with van der Waals surface area (Å²) in [6, 6.07) is 9.16. The molecule has 0 aliphatic carbocycles.